The minimum atomic E-state index is -0.735. The van der Waals surface area contributed by atoms with E-state index in [-0.39, 0.29) is 0 Å². The molecule has 1 aliphatic rings. The van der Waals surface area contributed by atoms with E-state index in [0.29, 0.717) is 13.0 Å². The fourth-order valence-electron chi connectivity index (χ4n) is 2.32. The highest BCUT2D eigenvalue weighted by atomic mass is 33.1. The molecule has 0 aromatic carbocycles. The molecule has 1 fully saturated rings. The average molecular weight is 321 g/mol. The van der Waals surface area contributed by atoms with Crippen LogP contribution in [0.2, 0.25) is 0 Å². The van der Waals surface area contributed by atoms with Crippen molar-refractivity contribution in [3.63, 3.8) is 0 Å². The minimum absolute atomic E-state index is 0.400. The molecule has 2 atom stereocenters. The molecule has 1 heterocycles. The van der Waals surface area contributed by atoms with Gasteiger partial charge in [-0.2, -0.15) is 0 Å². The maximum atomic E-state index is 11.1. The van der Waals surface area contributed by atoms with Crippen LogP contribution in [0.15, 0.2) is 0 Å². The second-order valence-corrected chi connectivity index (χ2v) is 8.10. The molecule has 0 radical (unpaired) electrons. The Hall–Kier alpha value is 0.0900. The van der Waals surface area contributed by atoms with Gasteiger partial charge in [-0.25, -0.2) is 0 Å². The van der Waals surface area contributed by atoms with Gasteiger partial charge < -0.3 is 16.2 Å². The lowest BCUT2D eigenvalue weighted by molar-refractivity contribution is -0.139. The van der Waals surface area contributed by atoms with Crippen LogP contribution >= 0.6 is 21.6 Å². The summed E-state index contributed by atoms with van der Waals surface area (Å²) in [7, 11) is 4.04. The third-order valence-electron chi connectivity index (χ3n) is 3.57. The van der Waals surface area contributed by atoms with Crippen LogP contribution in [-0.4, -0.2) is 41.2 Å². The quantitative estimate of drug-likeness (QED) is 0.379. The van der Waals surface area contributed by atoms with Crippen LogP contribution in [0.25, 0.3) is 0 Å². The number of nitrogens with two attached hydrogens (primary N) is 1. The normalized spacial score (nSPS) is 20.1. The summed E-state index contributed by atoms with van der Waals surface area (Å²) in [6.45, 7) is 1.45. The number of aliphatic carboxylic acids is 1. The number of unbranched alkanes of at least 4 members (excludes halogenated alkanes) is 3. The van der Waals surface area contributed by atoms with Crippen LogP contribution < -0.4 is 11.1 Å². The van der Waals surface area contributed by atoms with Crippen molar-refractivity contribution in [2.75, 3.05) is 18.8 Å². The molecular formula is C14H28N2O2S2. The molecular weight excluding hydrogens is 292 g/mol. The average Bonchev–Trinajstić information content (AvgIpc) is 2.93. The van der Waals surface area contributed by atoms with Crippen LogP contribution in [0.5, 0.6) is 0 Å². The Kier molecular flexibility index (Phi) is 10.6. The first kappa shape index (κ1) is 18.1. The van der Waals surface area contributed by atoms with Gasteiger partial charge in [-0.05, 0) is 45.2 Å². The molecule has 1 rings (SSSR count). The molecule has 4 nitrogen and oxygen atoms in total. The molecule has 1 saturated heterocycles. The van der Waals surface area contributed by atoms with E-state index in [1.165, 1.54) is 31.4 Å². The number of hydrogen-bond donors (Lipinski definition) is 3. The van der Waals surface area contributed by atoms with Gasteiger partial charge in [0.25, 0.3) is 0 Å². The minimum Gasteiger partial charge on any atom is -0.480 e. The zero-order chi connectivity index (χ0) is 14.6. The zero-order valence-electron chi connectivity index (χ0n) is 12.2. The Morgan fingerprint density at radius 2 is 2.15 bits per heavy atom. The second-order valence-electron chi connectivity index (χ2n) is 5.31. The molecule has 0 spiro atoms. The van der Waals surface area contributed by atoms with Crippen molar-refractivity contribution in [3.05, 3.63) is 0 Å². The van der Waals surface area contributed by atoms with Crippen molar-refractivity contribution in [3.8, 4) is 0 Å². The highest BCUT2D eigenvalue weighted by molar-refractivity contribution is 8.77. The molecule has 0 aromatic rings. The monoisotopic (exact) mass is 320 g/mol. The van der Waals surface area contributed by atoms with Gasteiger partial charge in [-0.3, -0.25) is 4.79 Å². The summed E-state index contributed by atoms with van der Waals surface area (Å²) in [5.74, 6) is 0.571. The van der Waals surface area contributed by atoms with Gasteiger partial charge >= 0.3 is 5.97 Å². The number of carboxylic acid groups (broad SMARTS) is 1. The molecule has 1 unspecified atom stereocenters. The predicted molar refractivity (Wildman–Crippen MR) is 89.3 cm³/mol. The van der Waals surface area contributed by atoms with Gasteiger partial charge in [-0.1, -0.05) is 40.9 Å². The van der Waals surface area contributed by atoms with E-state index in [1.54, 1.807) is 0 Å². The molecule has 0 aromatic heterocycles. The second kappa shape index (κ2) is 11.7. The lowest BCUT2D eigenvalue weighted by atomic mass is 10.1. The third-order valence-corrected chi connectivity index (χ3v) is 6.57. The first-order chi connectivity index (χ1) is 9.74. The summed E-state index contributed by atoms with van der Waals surface area (Å²) in [5.41, 5.74) is 5.43. The van der Waals surface area contributed by atoms with E-state index < -0.39 is 12.0 Å². The largest absolute Gasteiger partial charge is 0.480 e. The Bertz CT molecular complexity index is 262. The molecule has 0 amide bonds. The highest BCUT2D eigenvalue weighted by Gasteiger charge is 2.16. The highest BCUT2D eigenvalue weighted by Crippen LogP contribution is 2.39. The fraction of sp³-hybridized carbons (Fsp3) is 0.929. The number of rotatable bonds is 12. The van der Waals surface area contributed by atoms with Crippen molar-refractivity contribution < 1.29 is 9.90 Å². The van der Waals surface area contributed by atoms with Crippen LogP contribution in [-0.2, 0) is 4.79 Å². The van der Waals surface area contributed by atoms with Crippen molar-refractivity contribution in [1.82, 2.24) is 5.32 Å². The Morgan fingerprint density at radius 1 is 1.30 bits per heavy atom. The number of nitrogens with one attached hydrogen (secondary N) is 1. The van der Waals surface area contributed by atoms with Crippen LogP contribution in [0.3, 0.4) is 0 Å². The molecule has 0 bridgehead atoms. The summed E-state index contributed by atoms with van der Waals surface area (Å²) in [4.78, 5) is 11.1. The summed E-state index contributed by atoms with van der Waals surface area (Å²) in [6, 6.07) is -0.400. The molecule has 0 aliphatic carbocycles. The van der Waals surface area contributed by atoms with Crippen molar-refractivity contribution in [2.24, 2.45) is 5.73 Å². The van der Waals surface area contributed by atoms with Gasteiger partial charge in [0.2, 0.25) is 0 Å². The fourth-order valence-corrected chi connectivity index (χ4v) is 5.35. The number of carboxylic acids is 1. The van der Waals surface area contributed by atoms with E-state index >= 15 is 0 Å². The molecule has 118 valence electrons. The Balaban J connectivity index is 1.97. The van der Waals surface area contributed by atoms with Crippen molar-refractivity contribution in [1.29, 1.82) is 0 Å². The third kappa shape index (κ3) is 8.39. The van der Waals surface area contributed by atoms with E-state index in [9.17, 15) is 4.79 Å². The standard InChI is InChI=1S/C14H28N2O2S2/c15-9-4-3-7-13(14(17)18)16-10-5-1-2-6-12-8-11-19-20-12/h12-13,16H,1-11,15H2,(H,17,18)/t12?,13-/m0/s1. The topological polar surface area (TPSA) is 75.3 Å². The van der Waals surface area contributed by atoms with Gasteiger partial charge in [-0.15, -0.1) is 0 Å². The van der Waals surface area contributed by atoms with Crippen molar-refractivity contribution >= 4 is 27.6 Å². The van der Waals surface area contributed by atoms with Crippen molar-refractivity contribution in [2.45, 2.75) is 62.7 Å². The number of hydrogen-bond acceptors (Lipinski definition) is 5. The summed E-state index contributed by atoms with van der Waals surface area (Å²) in [6.07, 6.45) is 8.69. The van der Waals surface area contributed by atoms with Gasteiger partial charge in [0.15, 0.2) is 0 Å². The van der Waals surface area contributed by atoms with Gasteiger partial charge in [0.05, 0.1) is 0 Å². The molecule has 4 N–H and O–H groups in total. The van der Waals surface area contributed by atoms with Gasteiger partial charge in [0, 0.05) is 11.0 Å². The Morgan fingerprint density at radius 3 is 2.80 bits per heavy atom. The van der Waals surface area contributed by atoms with E-state index in [0.717, 1.165) is 31.1 Å². The number of carbonyl (C=O) groups is 1. The maximum Gasteiger partial charge on any atom is 0.320 e. The maximum absolute atomic E-state index is 11.1. The molecule has 1 aliphatic heterocycles. The summed E-state index contributed by atoms with van der Waals surface area (Å²) >= 11 is 0. The lowest BCUT2D eigenvalue weighted by Crippen LogP contribution is -2.37. The van der Waals surface area contributed by atoms with Crippen LogP contribution in [0.1, 0.15) is 51.4 Å². The lowest BCUT2D eigenvalue weighted by Gasteiger charge is -2.14. The van der Waals surface area contributed by atoms with E-state index in [1.807, 2.05) is 21.6 Å². The summed E-state index contributed by atoms with van der Waals surface area (Å²) < 4.78 is 0. The SMILES string of the molecule is NCCCC[C@H](NCCCCCC1CCSS1)C(=O)O. The predicted octanol–water partition coefficient (Wildman–Crippen LogP) is 2.87. The summed E-state index contributed by atoms with van der Waals surface area (Å²) in [5, 5.41) is 13.1. The zero-order valence-corrected chi connectivity index (χ0v) is 13.8. The first-order valence-corrected chi connectivity index (χ1v) is 10.1. The first-order valence-electron chi connectivity index (χ1n) is 7.68. The Labute approximate surface area is 130 Å². The van der Waals surface area contributed by atoms with E-state index in [4.69, 9.17) is 10.8 Å². The van der Waals surface area contributed by atoms with Gasteiger partial charge in [0.1, 0.15) is 6.04 Å². The smallest absolute Gasteiger partial charge is 0.320 e. The molecule has 0 saturated carbocycles. The molecule has 6 heteroatoms. The molecule has 20 heavy (non-hydrogen) atoms. The van der Waals surface area contributed by atoms with E-state index in [2.05, 4.69) is 5.32 Å². The van der Waals surface area contributed by atoms with Crippen LogP contribution in [0, 0.1) is 0 Å². The van der Waals surface area contributed by atoms with Crippen LogP contribution in [0.4, 0.5) is 0 Å².